The van der Waals surface area contributed by atoms with Gasteiger partial charge in [-0.25, -0.2) is 4.98 Å². The molecule has 1 aromatic rings. The summed E-state index contributed by atoms with van der Waals surface area (Å²) in [5.41, 5.74) is 0.814. The van der Waals surface area contributed by atoms with Crippen molar-refractivity contribution in [1.29, 1.82) is 0 Å². The quantitative estimate of drug-likeness (QED) is 0.921. The maximum atomic E-state index is 6.15. The van der Waals surface area contributed by atoms with E-state index in [1.807, 2.05) is 19.2 Å². The molecule has 0 aliphatic carbocycles. The molecule has 1 aliphatic rings. The van der Waals surface area contributed by atoms with Gasteiger partial charge in [-0.2, -0.15) is 0 Å². The molecule has 2 rings (SSSR count). The summed E-state index contributed by atoms with van der Waals surface area (Å²) in [7, 11) is 3.68. The maximum absolute atomic E-state index is 6.15. The molecule has 1 N–H and O–H groups in total. The van der Waals surface area contributed by atoms with Crippen molar-refractivity contribution in [1.82, 2.24) is 10.3 Å². The Bertz CT molecular complexity index is 441. The molecule has 106 valence electrons. The van der Waals surface area contributed by atoms with Crippen molar-refractivity contribution >= 4 is 17.4 Å². The lowest BCUT2D eigenvalue weighted by atomic mass is 9.95. The minimum absolute atomic E-state index is 0.0806. The Hall–Kier alpha value is -0.840. The predicted molar refractivity (Wildman–Crippen MR) is 78.9 cm³/mol. The third-order valence-corrected chi connectivity index (χ3v) is 4.07. The largest absolute Gasteiger partial charge is 0.377 e. The van der Waals surface area contributed by atoms with E-state index in [1.165, 1.54) is 0 Å². The number of nitrogens with one attached hydrogen (secondary N) is 1. The van der Waals surface area contributed by atoms with Gasteiger partial charge in [0.15, 0.2) is 0 Å². The molecule has 2 heterocycles. The van der Waals surface area contributed by atoms with Gasteiger partial charge in [-0.1, -0.05) is 11.6 Å². The van der Waals surface area contributed by atoms with E-state index >= 15 is 0 Å². The van der Waals surface area contributed by atoms with Crippen LogP contribution in [0.4, 0.5) is 5.82 Å². The first-order chi connectivity index (χ1) is 9.08. The first-order valence-electron chi connectivity index (χ1n) is 6.68. The van der Waals surface area contributed by atoms with E-state index in [-0.39, 0.29) is 5.60 Å². The van der Waals surface area contributed by atoms with Crippen molar-refractivity contribution in [3.05, 3.63) is 22.8 Å². The molecule has 4 nitrogen and oxygen atoms in total. The van der Waals surface area contributed by atoms with E-state index < -0.39 is 0 Å². The van der Waals surface area contributed by atoms with Crippen LogP contribution in [-0.2, 0) is 11.3 Å². The van der Waals surface area contributed by atoms with Crippen LogP contribution >= 0.6 is 11.6 Å². The second kappa shape index (κ2) is 6.07. The van der Waals surface area contributed by atoms with Gasteiger partial charge in [-0.05, 0) is 38.9 Å². The topological polar surface area (TPSA) is 37.4 Å². The summed E-state index contributed by atoms with van der Waals surface area (Å²) >= 11 is 6.15. The van der Waals surface area contributed by atoms with E-state index in [4.69, 9.17) is 16.3 Å². The highest BCUT2D eigenvalue weighted by Crippen LogP contribution is 2.28. The Morgan fingerprint density at radius 2 is 2.32 bits per heavy atom. The SMILES string of the molecule is CNCc1nc(N2CCCC(C)(OC)C2)ccc1Cl. The van der Waals surface area contributed by atoms with Crippen LogP contribution in [0.25, 0.3) is 0 Å². The van der Waals surface area contributed by atoms with Gasteiger partial charge in [0, 0.05) is 26.7 Å². The number of pyridine rings is 1. The summed E-state index contributed by atoms with van der Waals surface area (Å²) in [6.07, 6.45) is 2.22. The third kappa shape index (κ3) is 3.38. The summed E-state index contributed by atoms with van der Waals surface area (Å²) in [5.74, 6) is 0.984. The van der Waals surface area contributed by atoms with Gasteiger partial charge in [-0.15, -0.1) is 0 Å². The molecular weight excluding hydrogens is 262 g/mol. The molecule has 0 aromatic carbocycles. The molecule has 5 heteroatoms. The lowest BCUT2D eigenvalue weighted by molar-refractivity contribution is -0.00482. The van der Waals surface area contributed by atoms with Gasteiger partial charge in [0.05, 0.1) is 16.3 Å². The Kier molecular flexibility index (Phi) is 4.66. The second-order valence-electron chi connectivity index (χ2n) is 5.31. The molecule has 1 fully saturated rings. The average Bonchev–Trinajstić information content (AvgIpc) is 2.41. The van der Waals surface area contributed by atoms with Crippen LogP contribution in [0, 0.1) is 0 Å². The van der Waals surface area contributed by atoms with Gasteiger partial charge < -0.3 is 15.0 Å². The van der Waals surface area contributed by atoms with Crippen molar-refractivity contribution in [2.24, 2.45) is 0 Å². The summed E-state index contributed by atoms with van der Waals surface area (Å²) in [5, 5.41) is 3.80. The average molecular weight is 284 g/mol. The molecule has 19 heavy (non-hydrogen) atoms. The minimum atomic E-state index is -0.0806. The van der Waals surface area contributed by atoms with Crippen molar-refractivity contribution in [2.45, 2.75) is 31.9 Å². The van der Waals surface area contributed by atoms with Crippen molar-refractivity contribution in [2.75, 3.05) is 32.1 Å². The van der Waals surface area contributed by atoms with Crippen LogP contribution in [0.2, 0.25) is 5.02 Å². The smallest absolute Gasteiger partial charge is 0.129 e. The van der Waals surface area contributed by atoms with Crippen molar-refractivity contribution in [3.63, 3.8) is 0 Å². The molecule has 1 atom stereocenters. The minimum Gasteiger partial charge on any atom is -0.377 e. The zero-order chi connectivity index (χ0) is 13.9. The zero-order valence-corrected chi connectivity index (χ0v) is 12.6. The number of nitrogens with zero attached hydrogens (tertiary/aromatic N) is 2. The van der Waals surface area contributed by atoms with E-state index in [0.717, 1.165) is 37.4 Å². The fourth-order valence-corrected chi connectivity index (χ4v) is 2.68. The first kappa shape index (κ1) is 14.6. The monoisotopic (exact) mass is 283 g/mol. The molecule has 0 spiro atoms. The first-order valence-corrected chi connectivity index (χ1v) is 7.06. The van der Waals surface area contributed by atoms with Crippen LogP contribution in [0.5, 0.6) is 0 Å². The van der Waals surface area contributed by atoms with Crippen molar-refractivity contribution in [3.8, 4) is 0 Å². The Labute approximate surface area is 120 Å². The lowest BCUT2D eigenvalue weighted by Gasteiger charge is -2.40. The zero-order valence-electron chi connectivity index (χ0n) is 11.9. The van der Waals surface area contributed by atoms with Crippen LogP contribution in [-0.4, -0.2) is 37.8 Å². The molecule has 0 bridgehead atoms. The van der Waals surface area contributed by atoms with Gasteiger partial charge in [0.1, 0.15) is 5.82 Å². The number of rotatable bonds is 4. The van der Waals surface area contributed by atoms with Crippen LogP contribution in [0.1, 0.15) is 25.5 Å². The van der Waals surface area contributed by atoms with Crippen molar-refractivity contribution < 1.29 is 4.74 Å². The number of piperidine rings is 1. The number of hydrogen-bond acceptors (Lipinski definition) is 4. The van der Waals surface area contributed by atoms with E-state index in [0.29, 0.717) is 11.6 Å². The number of aromatic nitrogens is 1. The summed E-state index contributed by atoms with van der Waals surface area (Å²) in [6.45, 7) is 4.73. The molecular formula is C14H22ClN3O. The van der Waals surface area contributed by atoms with Crippen LogP contribution in [0.3, 0.4) is 0 Å². The summed E-state index contributed by atoms with van der Waals surface area (Å²) in [4.78, 5) is 6.94. The highest BCUT2D eigenvalue weighted by atomic mass is 35.5. The molecule has 1 unspecified atom stereocenters. The molecule has 1 aromatic heterocycles. The normalized spacial score (nSPS) is 23.7. The molecule has 0 amide bonds. The lowest BCUT2D eigenvalue weighted by Crippen LogP contribution is -2.47. The van der Waals surface area contributed by atoms with Crippen LogP contribution < -0.4 is 10.2 Å². The highest BCUT2D eigenvalue weighted by molar-refractivity contribution is 6.31. The van der Waals surface area contributed by atoms with E-state index in [1.54, 1.807) is 7.11 Å². The van der Waals surface area contributed by atoms with Gasteiger partial charge in [0.25, 0.3) is 0 Å². The Balaban J connectivity index is 2.19. The highest BCUT2D eigenvalue weighted by Gasteiger charge is 2.31. The molecule has 0 saturated carbocycles. The molecule has 1 saturated heterocycles. The second-order valence-corrected chi connectivity index (χ2v) is 5.71. The molecule has 1 aliphatic heterocycles. The van der Waals surface area contributed by atoms with Gasteiger partial charge in [-0.3, -0.25) is 0 Å². The number of hydrogen-bond donors (Lipinski definition) is 1. The number of anilines is 1. The fraction of sp³-hybridized carbons (Fsp3) is 0.643. The summed E-state index contributed by atoms with van der Waals surface area (Å²) in [6, 6.07) is 3.91. The maximum Gasteiger partial charge on any atom is 0.129 e. The Morgan fingerprint density at radius 3 is 3.00 bits per heavy atom. The van der Waals surface area contributed by atoms with Crippen LogP contribution in [0.15, 0.2) is 12.1 Å². The third-order valence-electron chi connectivity index (χ3n) is 3.72. The van der Waals surface area contributed by atoms with Gasteiger partial charge in [0.2, 0.25) is 0 Å². The number of ether oxygens (including phenoxy) is 1. The number of methoxy groups -OCH3 is 1. The Morgan fingerprint density at radius 1 is 1.53 bits per heavy atom. The fourth-order valence-electron chi connectivity index (χ4n) is 2.51. The van der Waals surface area contributed by atoms with E-state index in [2.05, 4.69) is 22.1 Å². The molecule has 0 radical (unpaired) electrons. The van der Waals surface area contributed by atoms with E-state index in [9.17, 15) is 0 Å². The number of halogens is 1. The standard InChI is InChI=1S/C14H22ClN3O/c1-14(19-3)7-4-8-18(10-14)13-6-5-11(15)12(17-13)9-16-2/h5-6,16H,4,7-10H2,1-3H3. The predicted octanol–water partition coefficient (Wildman–Crippen LogP) is 2.46. The summed E-state index contributed by atoms with van der Waals surface area (Å²) < 4.78 is 5.62. The van der Waals surface area contributed by atoms with Gasteiger partial charge >= 0.3 is 0 Å².